The summed E-state index contributed by atoms with van der Waals surface area (Å²) in [7, 11) is 0. The Balaban J connectivity index is 2.95. The molecule has 0 aromatic carbocycles. The normalized spacial score (nSPS) is 17.0. The van der Waals surface area contributed by atoms with E-state index < -0.39 is 0 Å². The highest BCUT2D eigenvalue weighted by molar-refractivity contribution is 6.11. The van der Waals surface area contributed by atoms with Crippen LogP contribution in [-0.4, -0.2) is 11.7 Å². The summed E-state index contributed by atoms with van der Waals surface area (Å²) in [6, 6.07) is 0. The second-order valence-corrected chi connectivity index (χ2v) is 1.55. The molecule has 0 spiro atoms. The van der Waals surface area contributed by atoms with Crippen molar-refractivity contribution in [3.8, 4) is 0 Å². The first kappa shape index (κ1) is 5.01. The molecule has 0 aromatic rings. The van der Waals surface area contributed by atoms with Crippen molar-refractivity contribution in [2.45, 2.75) is 6.42 Å². The molecule has 0 aliphatic heterocycles. The van der Waals surface area contributed by atoms with E-state index in [-0.39, 0.29) is 11.4 Å². The number of carbonyl (C=O) groups excluding carboxylic acids is 2. The van der Waals surface area contributed by atoms with Crippen LogP contribution >= 0.6 is 0 Å². The standard InChI is InChI=1S/C6H4O2/c7-4-5-2-1-3-6(5)8/h1,3H,2H2. The lowest BCUT2D eigenvalue weighted by atomic mass is 10.2. The van der Waals surface area contributed by atoms with E-state index >= 15 is 0 Å². The molecule has 2 nitrogen and oxygen atoms in total. The molecule has 0 amide bonds. The van der Waals surface area contributed by atoms with E-state index in [1.807, 2.05) is 0 Å². The van der Waals surface area contributed by atoms with E-state index in [2.05, 4.69) is 0 Å². The summed E-state index contributed by atoms with van der Waals surface area (Å²) in [6.07, 6.45) is 3.51. The fourth-order valence-electron chi connectivity index (χ4n) is 0.577. The summed E-state index contributed by atoms with van der Waals surface area (Å²) >= 11 is 0. The molecule has 0 aromatic heterocycles. The van der Waals surface area contributed by atoms with Crippen LogP contribution in [0.15, 0.2) is 17.7 Å². The van der Waals surface area contributed by atoms with Crippen molar-refractivity contribution < 1.29 is 9.59 Å². The van der Waals surface area contributed by atoms with Crippen molar-refractivity contribution >= 4 is 11.7 Å². The smallest absolute Gasteiger partial charge is 0.192 e. The Morgan fingerprint density at radius 2 is 2.38 bits per heavy atom. The third-order valence-corrected chi connectivity index (χ3v) is 1.01. The molecule has 0 bridgehead atoms. The molecule has 1 rings (SSSR count). The van der Waals surface area contributed by atoms with Crippen LogP contribution in [0.5, 0.6) is 0 Å². The molecular weight excluding hydrogens is 104 g/mol. The summed E-state index contributed by atoms with van der Waals surface area (Å²) in [6.45, 7) is 0. The molecule has 0 heterocycles. The van der Waals surface area contributed by atoms with Gasteiger partial charge in [0.05, 0.1) is 5.57 Å². The van der Waals surface area contributed by atoms with Gasteiger partial charge in [0.1, 0.15) is 5.94 Å². The number of hydrogen-bond donors (Lipinski definition) is 0. The van der Waals surface area contributed by atoms with Crippen molar-refractivity contribution in [2.75, 3.05) is 0 Å². The second-order valence-electron chi connectivity index (χ2n) is 1.55. The highest BCUT2D eigenvalue weighted by Gasteiger charge is 2.10. The number of hydrogen-bond acceptors (Lipinski definition) is 2. The van der Waals surface area contributed by atoms with Gasteiger partial charge in [-0.2, -0.15) is 0 Å². The van der Waals surface area contributed by atoms with Crippen molar-refractivity contribution in [1.29, 1.82) is 0 Å². The van der Waals surface area contributed by atoms with Gasteiger partial charge in [0.2, 0.25) is 0 Å². The first-order valence-electron chi connectivity index (χ1n) is 2.29. The molecule has 0 saturated heterocycles. The third kappa shape index (κ3) is 0.614. The quantitative estimate of drug-likeness (QED) is 0.330. The minimum Gasteiger partial charge on any atom is -0.289 e. The fourth-order valence-corrected chi connectivity index (χ4v) is 0.577. The molecule has 40 valence electrons. The molecule has 0 fully saturated rings. The van der Waals surface area contributed by atoms with Gasteiger partial charge in [0.25, 0.3) is 0 Å². The van der Waals surface area contributed by atoms with Gasteiger partial charge in [0.15, 0.2) is 5.78 Å². The van der Waals surface area contributed by atoms with Crippen LogP contribution in [-0.2, 0) is 9.59 Å². The molecule has 0 N–H and O–H groups in total. The lowest BCUT2D eigenvalue weighted by molar-refractivity contribution is -0.110. The Labute approximate surface area is 46.5 Å². The Kier molecular flexibility index (Phi) is 1.10. The zero-order valence-corrected chi connectivity index (χ0v) is 4.18. The maximum Gasteiger partial charge on any atom is 0.192 e. The lowest BCUT2D eigenvalue weighted by Gasteiger charge is -1.78. The molecule has 0 saturated carbocycles. The predicted octanol–water partition coefficient (Wildman–Crippen LogP) is 0.273. The number of ketones is 1. The minimum atomic E-state index is -0.194. The molecule has 2 heteroatoms. The number of rotatable bonds is 0. The molecule has 1 aliphatic rings. The zero-order chi connectivity index (χ0) is 5.98. The molecule has 0 unspecified atom stereocenters. The fraction of sp³-hybridized carbons (Fsp3) is 0.167. The van der Waals surface area contributed by atoms with Crippen molar-refractivity contribution in [1.82, 2.24) is 0 Å². The van der Waals surface area contributed by atoms with Crippen LogP contribution in [0.4, 0.5) is 0 Å². The summed E-state index contributed by atoms with van der Waals surface area (Å²) in [5.74, 6) is 1.37. The Bertz CT molecular complexity index is 195. The summed E-state index contributed by atoms with van der Waals surface area (Å²) in [5, 5.41) is 0. The Hall–Kier alpha value is -1.14. The van der Waals surface area contributed by atoms with Crippen molar-refractivity contribution in [2.24, 2.45) is 0 Å². The molecular formula is C6H4O2. The molecule has 8 heavy (non-hydrogen) atoms. The highest BCUT2D eigenvalue weighted by Crippen LogP contribution is 2.07. The van der Waals surface area contributed by atoms with Gasteiger partial charge in [-0.05, 0) is 6.08 Å². The molecule has 0 radical (unpaired) electrons. The second kappa shape index (κ2) is 1.76. The SMILES string of the molecule is O=C=C1CC=CC1=O. The van der Waals surface area contributed by atoms with Crippen LogP contribution in [0, 0.1) is 0 Å². The van der Waals surface area contributed by atoms with Gasteiger partial charge in [-0.25, -0.2) is 4.79 Å². The van der Waals surface area contributed by atoms with E-state index in [1.54, 1.807) is 12.0 Å². The molecule has 1 aliphatic carbocycles. The highest BCUT2D eigenvalue weighted by atomic mass is 16.1. The van der Waals surface area contributed by atoms with E-state index in [9.17, 15) is 9.59 Å². The van der Waals surface area contributed by atoms with Crippen LogP contribution < -0.4 is 0 Å². The Morgan fingerprint density at radius 1 is 1.62 bits per heavy atom. The summed E-state index contributed by atoms with van der Waals surface area (Å²) in [5.41, 5.74) is 0.241. The average Bonchev–Trinajstić information content (AvgIpc) is 2.14. The largest absolute Gasteiger partial charge is 0.289 e. The first-order valence-corrected chi connectivity index (χ1v) is 2.29. The van der Waals surface area contributed by atoms with E-state index in [1.165, 1.54) is 6.08 Å². The van der Waals surface area contributed by atoms with Gasteiger partial charge in [-0.1, -0.05) is 6.08 Å². The maximum atomic E-state index is 10.4. The monoisotopic (exact) mass is 108 g/mol. The van der Waals surface area contributed by atoms with Crippen molar-refractivity contribution in [3.63, 3.8) is 0 Å². The van der Waals surface area contributed by atoms with Crippen LogP contribution in [0.1, 0.15) is 6.42 Å². The Morgan fingerprint density at radius 3 is 2.62 bits per heavy atom. The van der Waals surface area contributed by atoms with Gasteiger partial charge in [-0.15, -0.1) is 0 Å². The van der Waals surface area contributed by atoms with Crippen LogP contribution in [0.2, 0.25) is 0 Å². The van der Waals surface area contributed by atoms with Crippen LogP contribution in [0.3, 0.4) is 0 Å². The lowest BCUT2D eigenvalue weighted by Crippen LogP contribution is -1.90. The zero-order valence-electron chi connectivity index (χ0n) is 4.18. The number of allylic oxidation sites excluding steroid dienone is 3. The summed E-state index contributed by atoms with van der Waals surface area (Å²) < 4.78 is 0. The van der Waals surface area contributed by atoms with E-state index in [0.29, 0.717) is 6.42 Å². The molecule has 0 atom stereocenters. The van der Waals surface area contributed by atoms with E-state index in [0.717, 1.165) is 0 Å². The third-order valence-electron chi connectivity index (χ3n) is 1.01. The predicted molar refractivity (Wildman–Crippen MR) is 28.0 cm³/mol. The van der Waals surface area contributed by atoms with Crippen molar-refractivity contribution in [3.05, 3.63) is 17.7 Å². The first-order chi connectivity index (χ1) is 3.84. The van der Waals surface area contributed by atoms with Crippen LogP contribution in [0.25, 0.3) is 0 Å². The topological polar surface area (TPSA) is 34.1 Å². The van der Waals surface area contributed by atoms with Gasteiger partial charge >= 0.3 is 0 Å². The van der Waals surface area contributed by atoms with Gasteiger partial charge < -0.3 is 0 Å². The summed E-state index contributed by atoms with van der Waals surface area (Å²) in [4.78, 5) is 20.2. The van der Waals surface area contributed by atoms with Gasteiger partial charge in [-0.3, -0.25) is 4.79 Å². The number of carbonyl (C=O) groups is 1. The minimum absolute atomic E-state index is 0.194. The van der Waals surface area contributed by atoms with E-state index in [4.69, 9.17) is 0 Å². The average molecular weight is 108 g/mol. The van der Waals surface area contributed by atoms with Gasteiger partial charge in [0, 0.05) is 6.42 Å². The maximum absolute atomic E-state index is 10.4.